The van der Waals surface area contributed by atoms with Gasteiger partial charge >= 0.3 is 0 Å². The van der Waals surface area contributed by atoms with E-state index in [1.165, 1.54) is 30.1 Å². The van der Waals surface area contributed by atoms with Crippen molar-refractivity contribution in [3.63, 3.8) is 0 Å². The summed E-state index contributed by atoms with van der Waals surface area (Å²) >= 11 is 0. The molecule has 1 aromatic heterocycles. The molecule has 0 radical (unpaired) electrons. The van der Waals surface area contributed by atoms with Crippen molar-refractivity contribution in [1.29, 1.82) is 0 Å². The molecule has 0 saturated heterocycles. The Kier molecular flexibility index (Phi) is 6.94. The highest BCUT2D eigenvalue weighted by Gasteiger charge is 2.16. The van der Waals surface area contributed by atoms with Gasteiger partial charge in [0.05, 0.1) is 17.0 Å². The lowest BCUT2D eigenvalue weighted by Crippen LogP contribution is -2.31. The number of nitrogens with one attached hydrogen (secondary N) is 1. The van der Waals surface area contributed by atoms with Gasteiger partial charge in [-0.05, 0) is 30.0 Å². The van der Waals surface area contributed by atoms with Crippen molar-refractivity contribution in [3.8, 4) is 0 Å². The third kappa shape index (κ3) is 6.03. The van der Waals surface area contributed by atoms with Gasteiger partial charge in [0.2, 0.25) is 5.78 Å². The van der Waals surface area contributed by atoms with Crippen LogP contribution >= 0.6 is 0 Å². The maximum Gasteiger partial charge on any atom is 0.288 e. The van der Waals surface area contributed by atoms with Gasteiger partial charge in [0, 0.05) is 24.4 Å². The number of non-ortho nitro benzene ring substituents is 1. The molecule has 8 nitrogen and oxygen atoms in total. The lowest BCUT2D eigenvalue weighted by atomic mass is 10.1. The van der Waals surface area contributed by atoms with Crippen LogP contribution in [0.1, 0.15) is 22.5 Å². The molecule has 8 heteroatoms. The van der Waals surface area contributed by atoms with Gasteiger partial charge in [0.15, 0.2) is 0 Å². The van der Waals surface area contributed by atoms with E-state index in [4.69, 9.17) is 0 Å². The van der Waals surface area contributed by atoms with Crippen LogP contribution in [0.4, 0.5) is 5.69 Å². The SMILES string of the molecule is O=C(Cc1cc(CCc2ccccc2)ncn1)C(=O)NCc1cccc([N+](=O)[O-])c1. The number of aryl methyl sites for hydroxylation is 2. The molecule has 0 aliphatic rings. The summed E-state index contributed by atoms with van der Waals surface area (Å²) in [6.07, 6.45) is 2.77. The van der Waals surface area contributed by atoms with Crippen LogP contribution in [-0.4, -0.2) is 26.6 Å². The smallest absolute Gasteiger partial charge is 0.288 e. The summed E-state index contributed by atoms with van der Waals surface area (Å²) in [5, 5.41) is 13.3. The molecule has 152 valence electrons. The Morgan fingerprint density at radius 3 is 2.40 bits per heavy atom. The summed E-state index contributed by atoms with van der Waals surface area (Å²) in [7, 11) is 0. The van der Waals surface area contributed by atoms with E-state index in [9.17, 15) is 19.7 Å². The van der Waals surface area contributed by atoms with E-state index < -0.39 is 16.6 Å². The Bertz CT molecular complexity index is 1050. The predicted octanol–water partition coefficient (Wildman–Crippen LogP) is 2.60. The number of nitro benzene ring substituents is 1. The van der Waals surface area contributed by atoms with E-state index in [1.54, 1.807) is 12.1 Å². The number of Topliss-reactive ketones (excluding diaryl/α,β-unsaturated/α-hetero) is 1. The van der Waals surface area contributed by atoms with Crippen molar-refractivity contribution in [3.05, 3.63) is 99.6 Å². The molecule has 0 saturated carbocycles. The second kappa shape index (κ2) is 10.0. The zero-order valence-electron chi connectivity index (χ0n) is 16.2. The molecule has 1 N–H and O–H groups in total. The van der Waals surface area contributed by atoms with Crippen LogP contribution in [0.25, 0.3) is 0 Å². The topological polar surface area (TPSA) is 115 Å². The summed E-state index contributed by atoms with van der Waals surface area (Å²) in [5.41, 5.74) is 2.93. The minimum absolute atomic E-state index is 0.0261. The van der Waals surface area contributed by atoms with Crippen LogP contribution in [0.5, 0.6) is 0 Å². The number of aromatic nitrogens is 2. The quantitative estimate of drug-likeness (QED) is 0.333. The zero-order chi connectivity index (χ0) is 21.3. The van der Waals surface area contributed by atoms with E-state index in [2.05, 4.69) is 15.3 Å². The fourth-order valence-corrected chi connectivity index (χ4v) is 2.90. The van der Waals surface area contributed by atoms with Crippen LogP contribution in [0.15, 0.2) is 67.0 Å². The van der Waals surface area contributed by atoms with Crippen LogP contribution < -0.4 is 5.32 Å². The minimum Gasteiger partial charge on any atom is -0.345 e. The van der Waals surface area contributed by atoms with E-state index >= 15 is 0 Å². The molecule has 3 rings (SSSR count). The third-order valence-corrected chi connectivity index (χ3v) is 4.46. The normalized spacial score (nSPS) is 10.4. The molecule has 0 fully saturated rings. The minimum atomic E-state index is -0.758. The summed E-state index contributed by atoms with van der Waals surface area (Å²) in [6, 6.07) is 17.6. The average Bonchev–Trinajstić information content (AvgIpc) is 2.77. The zero-order valence-corrected chi connectivity index (χ0v) is 16.2. The fraction of sp³-hybridized carbons (Fsp3) is 0.182. The Hall–Kier alpha value is -3.94. The number of amides is 1. The van der Waals surface area contributed by atoms with Crippen molar-refractivity contribution in [1.82, 2.24) is 15.3 Å². The molecular weight excluding hydrogens is 384 g/mol. The van der Waals surface area contributed by atoms with Gasteiger partial charge in [-0.3, -0.25) is 19.7 Å². The molecule has 0 aliphatic heterocycles. The largest absolute Gasteiger partial charge is 0.345 e. The van der Waals surface area contributed by atoms with E-state index in [1.807, 2.05) is 30.3 Å². The molecule has 0 aliphatic carbocycles. The summed E-state index contributed by atoms with van der Waals surface area (Å²) in [4.78, 5) is 42.9. The number of hydrogen-bond donors (Lipinski definition) is 1. The first-order chi connectivity index (χ1) is 14.5. The Balaban J connectivity index is 1.53. The van der Waals surface area contributed by atoms with Crippen LogP contribution in [0, 0.1) is 10.1 Å². The fourth-order valence-electron chi connectivity index (χ4n) is 2.90. The van der Waals surface area contributed by atoms with Crippen molar-refractivity contribution >= 4 is 17.4 Å². The second-order valence-corrected chi connectivity index (χ2v) is 6.70. The van der Waals surface area contributed by atoms with Gasteiger partial charge in [-0.1, -0.05) is 42.5 Å². The van der Waals surface area contributed by atoms with Crippen molar-refractivity contribution in [2.45, 2.75) is 25.8 Å². The van der Waals surface area contributed by atoms with Gasteiger partial charge < -0.3 is 5.32 Å². The molecule has 0 bridgehead atoms. The van der Waals surface area contributed by atoms with E-state index in [0.29, 0.717) is 17.7 Å². The highest BCUT2D eigenvalue weighted by molar-refractivity contribution is 6.36. The monoisotopic (exact) mass is 404 g/mol. The highest BCUT2D eigenvalue weighted by atomic mass is 16.6. The summed E-state index contributed by atoms with van der Waals surface area (Å²) < 4.78 is 0. The predicted molar refractivity (Wildman–Crippen MR) is 110 cm³/mol. The maximum absolute atomic E-state index is 12.2. The molecule has 0 unspecified atom stereocenters. The van der Waals surface area contributed by atoms with Gasteiger partial charge in [-0.2, -0.15) is 0 Å². The molecule has 3 aromatic rings. The average molecular weight is 404 g/mol. The maximum atomic E-state index is 12.2. The van der Waals surface area contributed by atoms with E-state index in [-0.39, 0.29) is 18.7 Å². The molecule has 0 spiro atoms. The van der Waals surface area contributed by atoms with E-state index in [0.717, 1.165) is 12.1 Å². The number of carbonyl (C=O) groups excluding carboxylic acids is 2. The number of benzene rings is 2. The lowest BCUT2D eigenvalue weighted by Gasteiger charge is -2.06. The first-order valence-electron chi connectivity index (χ1n) is 9.39. The van der Waals surface area contributed by atoms with Crippen molar-refractivity contribution in [2.75, 3.05) is 0 Å². The summed E-state index contributed by atoms with van der Waals surface area (Å²) in [6.45, 7) is 0.0261. The molecular formula is C22H20N4O4. The first kappa shape index (κ1) is 20.8. The van der Waals surface area contributed by atoms with Crippen molar-refractivity contribution < 1.29 is 14.5 Å². The Morgan fingerprint density at radius 1 is 0.900 bits per heavy atom. The second-order valence-electron chi connectivity index (χ2n) is 6.70. The molecule has 30 heavy (non-hydrogen) atoms. The van der Waals surface area contributed by atoms with Crippen LogP contribution in [-0.2, 0) is 35.4 Å². The number of nitro groups is 1. The van der Waals surface area contributed by atoms with Crippen LogP contribution in [0.2, 0.25) is 0 Å². The molecule has 2 aromatic carbocycles. The van der Waals surface area contributed by atoms with Crippen LogP contribution in [0.3, 0.4) is 0 Å². The molecule has 1 heterocycles. The molecule has 1 amide bonds. The highest BCUT2D eigenvalue weighted by Crippen LogP contribution is 2.13. The van der Waals surface area contributed by atoms with Gasteiger partial charge in [0.25, 0.3) is 11.6 Å². The number of ketones is 1. The van der Waals surface area contributed by atoms with Gasteiger partial charge in [0.1, 0.15) is 6.33 Å². The Labute approximate surface area is 173 Å². The number of rotatable bonds is 9. The lowest BCUT2D eigenvalue weighted by molar-refractivity contribution is -0.384. The third-order valence-electron chi connectivity index (χ3n) is 4.46. The standard InChI is InChI=1S/C22H20N4O4/c27-21(22(28)23-14-17-7-4-8-20(11-17)26(29)30)13-19-12-18(24-15-25-19)10-9-16-5-2-1-3-6-16/h1-8,11-12,15H,9-10,13-14H2,(H,23,28). The van der Waals surface area contributed by atoms with Crippen molar-refractivity contribution in [2.24, 2.45) is 0 Å². The first-order valence-corrected chi connectivity index (χ1v) is 9.39. The summed E-state index contributed by atoms with van der Waals surface area (Å²) in [5.74, 6) is -1.39. The molecule has 0 atom stereocenters. The Morgan fingerprint density at radius 2 is 1.63 bits per heavy atom. The number of carbonyl (C=O) groups is 2. The van der Waals surface area contributed by atoms with Gasteiger partial charge in [-0.15, -0.1) is 0 Å². The number of nitrogens with zero attached hydrogens (tertiary/aromatic N) is 3. The number of hydrogen-bond acceptors (Lipinski definition) is 6. The van der Waals surface area contributed by atoms with Gasteiger partial charge in [-0.25, -0.2) is 9.97 Å².